The van der Waals surface area contributed by atoms with Crippen molar-refractivity contribution >= 4 is 23.4 Å². The van der Waals surface area contributed by atoms with E-state index in [2.05, 4.69) is 0 Å². The SMILES string of the molecule is O=C(CCCOc1ccccc1Cl)N1CCN(C(=O)C2CC2)CC1. The molecule has 1 aromatic rings. The Bertz CT molecular complexity index is 596. The van der Waals surface area contributed by atoms with Gasteiger partial charge in [-0.3, -0.25) is 9.59 Å². The maximum atomic E-state index is 12.2. The van der Waals surface area contributed by atoms with E-state index in [0.29, 0.717) is 56.4 Å². The number of piperazine rings is 1. The molecule has 0 bridgehead atoms. The van der Waals surface area contributed by atoms with Gasteiger partial charge in [-0.25, -0.2) is 0 Å². The maximum absolute atomic E-state index is 12.2. The lowest BCUT2D eigenvalue weighted by Gasteiger charge is -2.35. The second kappa shape index (κ2) is 7.88. The van der Waals surface area contributed by atoms with Crippen molar-refractivity contribution in [3.8, 4) is 5.75 Å². The minimum absolute atomic E-state index is 0.135. The lowest BCUT2D eigenvalue weighted by molar-refractivity contribution is -0.140. The summed E-state index contributed by atoms with van der Waals surface area (Å²) in [7, 11) is 0. The first-order chi connectivity index (χ1) is 11.6. The molecule has 0 unspecified atom stereocenters. The molecule has 2 aliphatic rings. The highest BCUT2D eigenvalue weighted by Crippen LogP contribution is 2.31. The first-order valence-electron chi connectivity index (χ1n) is 8.59. The largest absolute Gasteiger partial charge is 0.492 e. The molecule has 1 heterocycles. The highest BCUT2D eigenvalue weighted by Gasteiger charge is 2.35. The molecule has 0 atom stereocenters. The van der Waals surface area contributed by atoms with Crippen molar-refractivity contribution in [2.75, 3.05) is 32.8 Å². The highest BCUT2D eigenvalue weighted by molar-refractivity contribution is 6.32. The first kappa shape index (κ1) is 17.1. The molecule has 2 fully saturated rings. The van der Waals surface area contributed by atoms with E-state index in [0.717, 1.165) is 12.8 Å². The summed E-state index contributed by atoms with van der Waals surface area (Å²) >= 11 is 6.02. The van der Waals surface area contributed by atoms with Gasteiger partial charge in [0, 0.05) is 38.5 Å². The lowest BCUT2D eigenvalue weighted by atomic mass is 10.2. The van der Waals surface area contributed by atoms with Crippen LogP contribution in [0.25, 0.3) is 0 Å². The van der Waals surface area contributed by atoms with Crippen molar-refractivity contribution in [2.45, 2.75) is 25.7 Å². The highest BCUT2D eigenvalue weighted by atomic mass is 35.5. The Balaban J connectivity index is 1.34. The molecule has 24 heavy (non-hydrogen) atoms. The molecule has 1 aliphatic carbocycles. The van der Waals surface area contributed by atoms with Crippen molar-refractivity contribution in [1.29, 1.82) is 0 Å². The third-order valence-corrected chi connectivity index (χ3v) is 4.81. The van der Waals surface area contributed by atoms with Crippen molar-refractivity contribution in [3.63, 3.8) is 0 Å². The zero-order chi connectivity index (χ0) is 16.9. The zero-order valence-corrected chi connectivity index (χ0v) is 14.5. The van der Waals surface area contributed by atoms with Crippen LogP contribution in [0.4, 0.5) is 0 Å². The van der Waals surface area contributed by atoms with Gasteiger partial charge in [0.2, 0.25) is 11.8 Å². The van der Waals surface area contributed by atoms with Gasteiger partial charge in [-0.15, -0.1) is 0 Å². The number of benzene rings is 1. The van der Waals surface area contributed by atoms with E-state index in [1.54, 1.807) is 6.07 Å². The summed E-state index contributed by atoms with van der Waals surface area (Å²) in [6.07, 6.45) is 3.18. The van der Waals surface area contributed by atoms with Gasteiger partial charge in [0.05, 0.1) is 11.6 Å². The van der Waals surface area contributed by atoms with E-state index in [1.807, 2.05) is 28.0 Å². The van der Waals surface area contributed by atoms with E-state index >= 15 is 0 Å². The number of carbonyl (C=O) groups is 2. The van der Waals surface area contributed by atoms with Gasteiger partial charge in [0.1, 0.15) is 5.75 Å². The van der Waals surface area contributed by atoms with Gasteiger partial charge >= 0.3 is 0 Å². The number of halogens is 1. The van der Waals surface area contributed by atoms with Crippen molar-refractivity contribution in [2.24, 2.45) is 5.92 Å². The van der Waals surface area contributed by atoms with Crippen LogP contribution in [0.2, 0.25) is 5.02 Å². The molecular weight excluding hydrogens is 328 g/mol. The zero-order valence-electron chi connectivity index (χ0n) is 13.7. The van der Waals surface area contributed by atoms with Gasteiger partial charge in [-0.05, 0) is 31.4 Å². The molecule has 130 valence electrons. The lowest BCUT2D eigenvalue weighted by Crippen LogP contribution is -2.51. The van der Waals surface area contributed by atoms with Crippen molar-refractivity contribution in [3.05, 3.63) is 29.3 Å². The summed E-state index contributed by atoms with van der Waals surface area (Å²) in [5.74, 6) is 1.32. The monoisotopic (exact) mass is 350 g/mol. The molecule has 1 aromatic carbocycles. The minimum atomic E-state index is 0.135. The van der Waals surface area contributed by atoms with Crippen LogP contribution in [0.1, 0.15) is 25.7 Å². The van der Waals surface area contributed by atoms with Gasteiger partial charge in [0.15, 0.2) is 0 Å². The quantitative estimate of drug-likeness (QED) is 0.741. The molecule has 6 heteroatoms. The van der Waals surface area contributed by atoms with Crippen LogP contribution >= 0.6 is 11.6 Å². The molecule has 1 saturated heterocycles. The molecule has 5 nitrogen and oxygen atoms in total. The number of ether oxygens (including phenoxy) is 1. The van der Waals surface area contributed by atoms with E-state index in [-0.39, 0.29) is 17.7 Å². The molecule has 1 aliphatic heterocycles. The Kier molecular flexibility index (Phi) is 5.61. The van der Waals surface area contributed by atoms with Crippen molar-refractivity contribution < 1.29 is 14.3 Å². The fraction of sp³-hybridized carbons (Fsp3) is 0.556. The Morgan fingerprint density at radius 1 is 1.08 bits per heavy atom. The van der Waals surface area contributed by atoms with Crippen LogP contribution in [0.5, 0.6) is 5.75 Å². The first-order valence-corrected chi connectivity index (χ1v) is 8.97. The Morgan fingerprint density at radius 3 is 2.42 bits per heavy atom. The van der Waals surface area contributed by atoms with Gasteiger partial charge in [0.25, 0.3) is 0 Å². The maximum Gasteiger partial charge on any atom is 0.225 e. The predicted molar refractivity (Wildman–Crippen MR) is 92.1 cm³/mol. The molecule has 3 rings (SSSR count). The van der Waals surface area contributed by atoms with Crippen LogP contribution in [-0.4, -0.2) is 54.4 Å². The molecule has 0 radical (unpaired) electrons. The summed E-state index contributed by atoms with van der Waals surface area (Å²) in [6, 6.07) is 7.33. The van der Waals surface area contributed by atoms with Gasteiger partial charge in [-0.2, -0.15) is 0 Å². The van der Waals surface area contributed by atoms with Crippen molar-refractivity contribution in [1.82, 2.24) is 9.80 Å². The Hall–Kier alpha value is -1.75. The average molecular weight is 351 g/mol. The second-order valence-electron chi connectivity index (χ2n) is 6.36. The normalized spacial score (nSPS) is 17.7. The Labute approximate surface area is 147 Å². The standard InChI is InChI=1S/C18H23ClN2O3/c19-15-4-1-2-5-16(15)24-13-3-6-17(22)20-9-11-21(12-10-20)18(23)14-7-8-14/h1-2,4-5,14H,3,6-13H2. The van der Waals surface area contributed by atoms with E-state index in [4.69, 9.17) is 16.3 Å². The molecular formula is C18H23ClN2O3. The van der Waals surface area contributed by atoms with Crippen LogP contribution in [0, 0.1) is 5.92 Å². The summed E-state index contributed by atoms with van der Waals surface area (Å²) in [5.41, 5.74) is 0. The Morgan fingerprint density at radius 2 is 1.75 bits per heavy atom. The second-order valence-corrected chi connectivity index (χ2v) is 6.77. The summed E-state index contributed by atoms with van der Waals surface area (Å²) in [4.78, 5) is 28.0. The third-order valence-electron chi connectivity index (χ3n) is 4.50. The third kappa shape index (κ3) is 4.41. The van der Waals surface area contributed by atoms with E-state index < -0.39 is 0 Å². The summed E-state index contributed by atoms with van der Waals surface area (Å²) < 4.78 is 5.60. The number of nitrogens with zero attached hydrogens (tertiary/aromatic N) is 2. The van der Waals surface area contributed by atoms with E-state index in [1.165, 1.54) is 0 Å². The number of amides is 2. The molecule has 2 amide bonds. The number of carbonyl (C=O) groups excluding carboxylic acids is 2. The fourth-order valence-electron chi connectivity index (χ4n) is 2.89. The number of hydrogen-bond donors (Lipinski definition) is 0. The molecule has 0 spiro atoms. The average Bonchev–Trinajstić information content (AvgIpc) is 3.44. The summed E-state index contributed by atoms with van der Waals surface area (Å²) in [6.45, 7) is 3.08. The minimum Gasteiger partial charge on any atom is -0.492 e. The van der Waals surface area contributed by atoms with Gasteiger partial charge in [-0.1, -0.05) is 23.7 Å². The van der Waals surface area contributed by atoms with Gasteiger partial charge < -0.3 is 14.5 Å². The molecule has 0 N–H and O–H groups in total. The smallest absolute Gasteiger partial charge is 0.225 e. The van der Waals surface area contributed by atoms with E-state index in [9.17, 15) is 9.59 Å². The number of hydrogen-bond acceptors (Lipinski definition) is 3. The number of para-hydroxylation sites is 1. The fourth-order valence-corrected chi connectivity index (χ4v) is 3.08. The topological polar surface area (TPSA) is 49.9 Å². The van der Waals surface area contributed by atoms with Crippen LogP contribution < -0.4 is 4.74 Å². The summed E-state index contributed by atoms with van der Waals surface area (Å²) in [5, 5.41) is 0.584. The van der Waals surface area contributed by atoms with Crippen LogP contribution in [-0.2, 0) is 9.59 Å². The van der Waals surface area contributed by atoms with Crippen LogP contribution in [0.15, 0.2) is 24.3 Å². The molecule has 1 saturated carbocycles. The number of rotatable bonds is 6. The van der Waals surface area contributed by atoms with Crippen LogP contribution in [0.3, 0.4) is 0 Å². The molecule has 0 aromatic heterocycles. The predicted octanol–water partition coefficient (Wildman–Crippen LogP) is 2.58.